The van der Waals surface area contributed by atoms with Gasteiger partial charge in [0.1, 0.15) is 24.2 Å². The van der Waals surface area contributed by atoms with E-state index in [2.05, 4.69) is 213 Å². The highest BCUT2D eigenvalue weighted by Gasteiger charge is 2.25. The second kappa shape index (κ2) is 111. The molecule has 147 heavy (non-hydrogen) atoms. The summed E-state index contributed by atoms with van der Waals surface area (Å²) in [4.78, 5) is 102. The van der Waals surface area contributed by atoms with Gasteiger partial charge in [-0.25, -0.2) is 0 Å². The first-order chi connectivity index (χ1) is 68.6. The van der Waals surface area contributed by atoms with Crippen LogP contribution < -0.4 is 74.4 Å². The van der Waals surface area contributed by atoms with Crippen molar-refractivity contribution in [2.24, 2.45) is 71.0 Å². The molecular weight excluding hydrogens is 1850 g/mol. The molecule has 29 heteroatoms. The van der Waals surface area contributed by atoms with Crippen LogP contribution >= 0.6 is 0 Å². The van der Waals surface area contributed by atoms with E-state index in [-0.39, 0.29) is 90.0 Å². The molecule has 0 aliphatic heterocycles. The fourth-order valence-corrected chi connectivity index (χ4v) is 14.3. The van der Waals surface area contributed by atoms with E-state index in [1.54, 1.807) is 0 Å². The average Bonchev–Trinajstić information content (AvgIpc) is 0.923. The minimum absolute atomic E-state index is 0.0179. The first kappa shape index (κ1) is 159. The first-order valence-corrected chi connectivity index (χ1v) is 58.8. The lowest BCUT2D eigenvalue weighted by Gasteiger charge is -2.18. The molecule has 0 bridgehead atoms. The van der Waals surface area contributed by atoms with Crippen LogP contribution in [0.5, 0.6) is 0 Å². The number of aliphatic carboxylic acids is 4. The fourth-order valence-electron chi connectivity index (χ4n) is 14.3. The number of carbonyl (C=O) groups is 9. The van der Waals surface area contributed by atoms with Gasteiger partial charge in [0.15, 0.2) is 0 Å². The number of hydrogen-bond acceptors (Lipinski definition) is 20. The maximum atomic E-state index is 11.8. The van der Waals surface area contributed by atoms with Crippen molar-refractivity contribution in [1.29, 1.82) is 0 Å². The highest BCUT2D eigenvalue weighted by Crippen LogP contribution is 2.17. The van der Waals surface area contributed by atoms with Crippen molar-refractivity contribution >= 4 is 53.4 Å². The third-order valence-electron chi connectivity index (χ3n) is 23.7. The largest absolute Gasteiger partial charge is 0.480 e. The molecule has 882 valence electrons. The van der Waals surface area contributed by atoms with Gasteiger partial charge in [0.25, 0.3) is 0 Å². The van der Waals surface area contributed by atoms with Gasteiger partial charge in [-0.05, 0) is 176 Å². The van der Waals surface area contributed by atoms with Gasteiger partial charge >= 0.3 is 23.9 Å². The Morgan fingerprint density at radius 3 is 0.660 bits per heavy atom. The van der Waals surface area contributed by atoms with E-state index >= 15 is 0 Å². The van der Waals surface area contributed by atoms with Gasteiger partial charge in [-0.15, -0.1) is 0 Å². The standard InChI is InChI=1S/C15H30N2O4.C15H30N2O3.C14H28N2O3.C14H30N2O.C13H29N.C12H26N2O2.C12H25NO2.C12H27N.C11H25N/c1-10(2)12(9-18)14(19)16-8-6-5-7-13(15(20)21)17-11(3)4;1-10(2)12(5)14(18)16-9-7-6-8-13(15(19)20)17-11(3)4;1-10(2)9-13(17)15-8-6-5-7-12(14(18)19)16-11(3)4;1-11(2)13(5)14(17)16-10-8-6-7-9-15-12(3)4;1-12(2)10-8-6-5-7-9-11-14-13(3)4;1-10(2)9-12(15)14-6-8-16-7-5-13-11(3)4;1-9(2)7-5-6-8-11(12(14)15)13-10(3)4;1-11(2)9-7-5-6-8-10-13-12(3)4;1-10(2)8-6-5-7-9-12-11(3)4/h10-13,17-18H,5-9H2,1-4H3,(H,16,19)(H,20,21);10-13,17H,6-9H2,1-5H3,(H,16,18)(H,19,20);10-12,16H,5-9H2,1-4H3,(H,15,17)(H,18,19);11-13,15H,6-10H2,1-5H3,(H,16,17);12-14H,5-11H2,1-4H3;10-11,13H,5-9H2,1-4H3,(H,14,15);9-11,13H,5-8H2,1-4H3,(H,14,15);11-13H,5-10H2,1-4H3;10-12H,5-9H2,1-4H3/t2*12-,13-;12-;13-;;;11-;;/m0000..0../s1. The normalized spacial score (nSPS) is 12.8. The number of aliphatic hydroxyl groups excluding tert-OH is 1. The number of carboxylic acids is 4. The van der Waals surface area contributed by atoms with Crippen LogP contribution in [-0.4, -0.2) is 243 Å². The van der Waals surface area contributed by atoms with Gasteiger partial charge in [0.2, 0.25) is 29.5 Å². The molecule has 0 saturated heterocycles. The molecule has 29 nitrogen and oxygen atoms in total. The average molecular weight is 2110 g/mol. The highest BCUT2D eigenvalue weighted by molar-refractivity contribution is 5.80. The zero-order chi connectivity index (χ0) is 115. The molecule has 0 heterocycles. The van der Waals surface area contributed by atoms with E-state index in [0.717, 1.165) is 102 Å². The van der Waals surface area contributed by atoms with Crippen molar-refractivity contribution in [3.8, 4) is 0 Å². The van der Waals surface area contributed by atoms with Crippen LogP contribution in [0, 0.1) is 71.0 Å². The van der Waals surface area contributed by atoms with Crippen LogP contribution in [0.25, 0.3) is 0 Å². The number of unbranched alkanes of at least 4 members (excludes halogenated alkanes) is 15. The molecule has 5 amide bonds. The second-order valence-corrected chi connectivity index (χ2v) is 46.9. The molecule has 0 unspecified atom stereocenters. The van der Waals surface area contributed by atoms with Crippen LogP contribution in [0.4, 0.5) is 0 Å². The number of amides is 5. The quantitative estimate of drug-likeness (QED) is 0.0251. The summed E-state index contributed by atoms with van der Waals surface area (Å²) in [7, 11) is 0. The van der Waals surface area contributed by atoms with E-state index in [9.17, 15) is 43.2 Å². The highest BCUT2D eigenvalue weighted by atomic mass is 16.5. The number of rotatable bonds is 81. The van der Waals surface area contributed by atoms with Crippen molar-refractivity contribution in [1.82, 2.24) is 74.4 Å². The van der Waals surface area contributed by atoms with Gasteiger partial charge in [-0.1, -0.05) is 366 Å². The van der Waals surface area contributed by atoms with Gasteiger partial charge < -0.3 is 105 Å². The molecule has 0 aliphatic carbocycles. The monoisotopic (exact) mass is 2100 g/mol. The summed E-state index contributed by atoms with van der Waals surface area (Å²) in [5.41, 5.74) is 0. The number of carboxylic acid groups (broad SMARTS) is 4. The van der Waals surface area contributed by atoms with Crippen LogP contribution in [0.1, 0.15) is 475 Å². The summed E-state index contributed by atoms with van der Waals surface area (Å²) in [6.07, 6.45) is 35.9. The molecule has 0 aliphatic rings. The Kier molecular flexibility index (Phi) is 120. The van der Waals surface area contributed by atoms with Crippen molar-refractivity contribution in [3.63, 3.8) is 0 Å². The number of carbonyl (C=O) groups excluding carboxylic acids is 5. The zero-order valence-corrected chi connectivity index (χ0v) is 103. The summed E-state index contributed by atoms with van der Waals surface area (Å²) in [5.74, 6) is 1.90. The Morgan fingerprint density at radius 2 is 0.415 bits per heavy atom. The summed E-state index contributed by atoms with van der Waals surface area (Å²) < 4.78 is 5.36. The molecule has 0 spiro atoms. The van der Waals surface area contributed by atoms with E-state index in [1.165, 1.54) is 135 Å². The maximum Gasteiger partial charge on any atom is 0.320 e. The van der Waals surface area contributed by atoms with Crippen molar-refractivity contribution in [3.05, 3.63) is 0 Å². The fraction of sp³-hybridized carbons (Fsp3) is 0.924. The third kappa shape index (κ3) is 135. The van der Waals surface area contributed by atoms with Crippen LogP contribution in [-0.2, 0) is 47.9 Å². The van der Waals surface area contributed by atoms with Crippen LogP contribution in [0.15, 0.2) is 0 Å². The molecule has 0 fully saturated rings. The van der Waals surface area contributed by atoms with E-state index in [4.69, 9.17) is 30.3 Å². The minimum Gasteiger partial charge on any atom is -0.480 e. The van der Waals surface area contributed by atoms with Crippen molar-refractivity contribution in [2.45, 2.75) is 554 Å². The molecular formula is C118H250N14O15. The van der Waals surface area contributed by atoms with Crippen molar-refractivity contribution in [2.75, 3.05) is 85.3 Å². The Labute approximate surface area is 906 Å². The molecule has 0 saturated carbocycles. The Hall–Kier alpha value is -5.21. The SMILES string of the molecule is CC(C)CC(=O)NCCCC[C@H](NC(C)C)C(=O)O.CC(C)CC(=O)NCCOCCNC(C)C.CC(C)CCCCCCCNC(C)C.CC(C)CCCCCCNC(C)C.CC(C)CCCCCNC(C)C.CC(C)CCCC[C@H](NC(C)C)C(=O)O.CC(C)NCCCCCNC(=O)[C@@H](C)C(C)C.CC(C)N[C@@H](CCCCNC(=O)[C@@H](C)C(C)C)C(=O)O.CC(C)N[C@@H](CCCCNC(=O)[C@@H](CO)C(C)C)C(=O)O. The maximum absolute atomic E-state index is 11.8. The van der Waals surface area contributed by atoms with Gasteiger partial charge in [-0.3, -0.25) is 43.2 Å². The third-order valence-corrected chi connectivity index (χ3v) is 23.7. The van der Waals surface area contributed by atoms with E-state index in [0.29, 0.717) is 131 Å². The summed E-state index contributed by atoms with van der Waals surface area (Å²) in [6, 6.07) is 1.77. The lowest BCUT2D eigenvalue weighted by atomic mass is 9.96. The van der Waals surface area contributed by atoms with Gasteiger partial charge in [0, 0.05) is 118 Å². The Balaban J connectivity index is -0.000000209. The Morgan fingerprint density at radius 1 is 0.211 bits per heavy atom. The minimum atomic E-state index is -0.840. The number of aliphatic hydroxyl groups is 1. The lowest BCUT2D eigenvalue weighted by molar-refractivity contribution is -0.140. The second-order valence-electron chi connectivity index (χ2n) is 46.9. The smallest absolute Gasteiger partial charge is 0.320 e. The molecule has 19 N–H and O–H groups in total. The number of hydrogen-bond donors (Lipinski definition) is 19. The molecule has 0 rings (SSSR count). The van der Waals surface area contributed by atoms with Crippen LogP contribution in [0.3, 0.4) is 0 Å². The predicted octanol–water partition coefficient (Wildman–Crippen LogP) is 21.9. The van der Waals surface area contributed by atoms with Gasteiger partial charge in [-0.2, -0.15) is 0 Å². The van der Waals surface area contributed by atoms with Crippen molar-refractivity contribution < 1.29 is 73.4 Å². The molecule has 0 radical (unpaired) electrons. The molecule has 0 aromatic heterocycles. The number of ether oxygens (including phenoxy) is 1. The van der Waals surface area contributed by atoms with Gasteiger partial charge in [0.05, 0.1) is 25.7 Å². The Bertz CT molecular complexity index is 2900. The zero-order valence-electron chi connectivity index (χ0n) is 103. The lowest BCUT2D eigenvalue weighted by Crippen LogP contribution is -2.41. The topological polar surface area (TPSA) is 432 Å². The van der Waals surface area contributed by atoms with E-state index in [1.807, 2.05) is 125 Å². The predicted molar refractivity (Wildman–Crippen MR) is 625 cm³/mol. The molecule has 7 atom stereocenters. The summed E-state index contributed by atoms with van der Waals surface area (Å²) in [5, 5.41) is 88.8. The van der Waals surface area contributed by atoms with Crippen LogP contribution in [0.2, 0.25) is 0 Å². The molecule has 0 aromatic carbocycles. The van der Waals surface area contributed by atoms with E-state index < -0.39 is 42.0 Å². The summed E-state index contributed by atoms with van der Waals surface area (Å²) in [6.45, 7) is 89.3. The number of nitrogens with one attached hydrogen (secondary N) is 14. The first-order valence-electron chi connectivity index (χ1n) is 58.8. The summed E-state index contributed by atoms with van der Waals surface area (Å²) >= 11 is 0. The molecule has 0 aromatic rings.